The van der Waals surface area contributed by atoms with Crippen LogP contribution in [0.2, 0.25) is 0 Å². The van der Waals surface area contributed by atoms with Gasteiger partial charge in [-0.3, -0.25) is 4.68 Å². The smallest absolute Gasteiger partial charge is 0.0562 e. The molecule has 0 aliphatic carbocycles. The van der Waals surface area contributed by atoms with Crippen LogP contribution in [0.3, 0.4) is 0 Å². The van der Waals surface area contributed by atoms with Gasteiger partial charge >= 0.3 is 0 Å². The fourth-order valence-corrected chi connectivity index (χ4v) is 0.886. The first-order chi connectivity index (χ1) is 5.27. The van der Waals surface area contributed by atoms with Crippen LogP contribution in [0.25, 0.3) is 6.08 Å². The molecular formula is C9H14N2. The van der Waals surface area contributed by atoms with Gasteiger partial charge in [-0.1, -0.05) is 19.6 Å². The van der Waals surface area contributed by atoms with Gasteiger partial charge in [0, 0.05) is 17.8 Å². The van der Waals surface area contributed by atoms with Crippen molar-refractivity contribution < 1.29 is 0 Å². The van der Waals surface area contributed by atoms with Gasteiger partial charge in [0.15, 0.2) is 0 Å². The molecule has 2 nitrogen and oxygen atoms in total. The predicted molar refractivity (Wildman–Crippen MR) is 47.3 cm³/mol. The van der Waals surface area contributed by atoms with Gasteiger partial charge in [-0.05, 0) is 13.3 Å². The van der Waals surface area contributed by atoms with E-state index in [4.69, 9.17) is 0 Å². The van der Waals surface area contributed by atoms with E-state index in [9.17, 15) is 0 Å². The van der Waals surface area contributed by atoms with E-state index in [1.54, 1.807) is 0 Å². The SMILES string of the molecule is C=Cc1cnn(C(C)CC)c1. The first-order valence-corrected chi connectivity index (χ1v) is 3.94. The Morgan fingerprint density at radius 3 is 3.00 bits per heavy atom. The van der Waals surface area contributed by atoms with Crippen molar-refractivity contribution in [1.29, 1.82) is 0 Å². The number of aromatic nitrogens is 2. The van der Waals surface area contributed by atoms with Crippen molar-refractivity contribution in [2.24, 2.45) is 0 Å². The highest BCUT2D eigenvalue weighted by Crippen LogP contribution is 2.09. The summed E-state index contributed by atoms with van der Waals surface area (Å²) in [5, 5.41) is 4.20. The monoisotopic (exact) mass is 150 g/mol. The average Bonchev–Trinajstić information content (AvgIpc) is 2.50. The van der Waals surface area contributed by atoms with E-state index in [-0.39, 0.29) is 0 Å². The van der Waals surface area contributed by atoms with Gasteiger partial charge in [-0.2, -0.15) is 5.10 Å². The summed E-state index contributed by atoms with van der Waals surface area (Å²) < 4.78 is 1.97. The third-order valence-electron chi connectivity index (χ3n) is 1.90. The largest absolute Gasteiger partial charge is 0.269 e. The van der Waals surface area contributed by atoms with Gasteiger partial charge in [0.2, 0.25) is 0 Å². The van der Waals surface area contributed by atoms with E-state index in [0.717, 1.165) is 12.0 Å². The topological polar surface area (TPSA) is 17.8 Å². The third kappa shape index (κ3) is 1.70. The Morgan fingerprint density at radius 2 is 2.55 bits per heavy atom. The predicted octanol–water partition coefficient (Wildman–Crippen LogP) is 2.50. The summed E-state index contributed by atoms with van der Waals surface area (Å²) in [5.41, 5.74) is 1.09. The van der Waals surface area contributed by atoms with Crippen molar-refractivity contribution in [2.45, 2.75) is 26.3 Å². The normalized spacial score (nSPS) is 12.9. The Hall–Kier alpha value is -1.05. The maximum Gasteiger partial charge on any atom is 0.0562 e. The molecule has 1 aromatic rings. The van der Waals surface area contributed by atoms with Crippen LogP contribution >= 0.6 is 0 Å². The second-order valence-electron chi connectivity index (χ2n) is 2.72. The van der Waals surface area contributed by atoms with Crippen molar-refractivity contribution in [2.75, 3.05) is 0 Å². The Morgan fingerprint density at radius 1 is 1.82 bits per heavy atom. The van der Waals surface area contributed by atoms with Crippen LogP contribution in [0.15, 0.2) is 19.0 Å². The van der Waals surface area contributed by atoms with Gasteiger partial charge in [-0.15, -0.1) is 0 Å². The number of hydrogen-bond acceptors (Lipinski definition) is 1. The molecule has 0 N–H and O–H groups in total. The fraction of sp³-hybridized carbons (Fsp3) is 0.444. The Bertz CT molecular complexity index is 237. The Labute approximate surface area is 67.5 Å². The molecule has 11 heavy (non-hydrogen) atoms. The zero-order valence-electron chi connectivity index (χ0n) is 7.12. The van der Waals surface area contributed by atoms with Crippen molar-refractivity contribution in [3.05, 3.63) is 24.5 Å². The lowest BCUT2D eigenvalue weighted by Crippen LogP contribution is -2.03. The average molecular weight is 150 g/mol. The van der Waals surface area contributed by atoms with Gasteiger partial charge in [0.1, 0.15) is 0 Å². The quantitative estimate of drug-likeness (QED) is 0.647. The van der Waals surface area contributed by atoms with Crippen molar-refractivity contribution >= 4 is 6.08 Å². The van der Waals surface area contributed by atoms with Gasteiger partial charge < -0.3 is 0 Å². The molecule has 0 fully saturated rings. The summed E-state index contributed by atoms with van der Waals surface area (Å²) in [4.78, 5) is 0. The van der Waals surface area contributed by atoms with E-state index >= 15 is 0 Å². The van der Waals surface area contributed by atoms with Crippen LogP contribution in [0.1, 0.15) is 31.9 Å². The van der Waals surface area contributed by atoms with E-state index in [1.807, 2.05) is 23.2 Å². The summed E-state index contributed by atoms with van der Waals surface area (Å²) in [5.74, 6) is 0. The number of rotatable bonds is 3. The molecule has 1 aromatic heterocycles. The maximum atomic E-state index is 4.20. The molecule has 0 amide bonds. The van der Waals surface area contributed by atoms with Crippen LogP contribution in [0, 0.1) is 0 Å². The van der Waals surface area contributed by atoms with Crippen molar-refractivity contribution in [1.82, 2.24) is 9.78 Å². The van der Waals surface area contributed by atoms with Gasteiger partial charge in [0.25, 0.3) is 0 Å². The lowest BCUT2D eigenvalue weighted by atomic mass is 10.3. The van der Waals surface area contributed by atoms with Crippen molar-refractivity contribution in [3.63, 3.8) is 0 Å². The highest BCUT2D eigenvalue weighted by molar-refractivity contribution is 5.43. The molecule has 60 valence electrons. The summed E-state index contributed by atoms with van der Waals surface area (Å²) in [6.45, 7) is 7.98. The molecule has 0 bridgehead atoms. The maximum absolute atomic E-state index is 4.20. The Kier molecular flexibility index (Phi) is 2.47. The molecule has 0 saturated carbocycles. The molecular weight excluding hydrogens is 136 g/mol. The zero-order chi connectivity index (χ0) is 8.27. The first kappa shape index (κ1) is 8.05. The lowest BCUT2D eigenvalue weighted by Gasteiger charge is -2.07. The molecule has 0 aliphatic heterocycles. The Balaban J connectivity index is 2.79. The van der Waals surface area contributed by atoms with Crippen LogP contribution in [-0.4, -0.2) is 9.78 Å². The number of nitrogens with zero attached hydrogens (tertiary/aromatic N) is 2. The molecule has 1 unspecified atom stereocenters. The number of hydrogen-bond donors (Lipinski definition) is 0. The molecule has 0 spiro atoms. The molecule has 0 saturated heterocycles. The summed E-state index contributed by atoms with van der Waals surface area (Å²) >= 11 is 0. The molecule has 1 heterocycles. The summed E-state index contributed by atoms with van der Waals surface area (Å²) in [6.07, 6.45) is 6.77. The minimum Gasteiger partial charge on any atom is -0.269 e. The first-order valence-electron chi connectivity index (χ1n) is 3.94. The molecule has 2 heteroatoms. The standard InChI is InChI=1S/C9H14N2/c1-4-8(3)11-7-9(5-2)6-10-11/h5-8H,2,4H2,1,3H3. The second kappa shape index (κ2) is 3.37. The third-order valence-corrected chi connectivity index (χ3v) is 1.90. The zero-order valence-corrected chi connectivity index (χ0v) is 7.12. The molecule has 0 radical (unpaired) electrons. The fourth-order valence-electron chi connectivity index (χ4n) is 0.886. The molecule has 1 rings (SSSR count). The van der Waals surface area contributed by atoms with Crippen LogP contribution < -0.4 is 0 Å². The van der Waals surface area contributed by atoms with Gasteiger partial charge in [-0.25, -0.2) is 0 Å². The highest BCUT2D eigenvalue weighted by atomic mass is 15.3. The second-order valence-corrected chi connectivity index (χ2v) is 2.72. The van der Waals surface area contributed by atoms with E-state index < -0.39 is 0 Å². The molecule has 1 atom stereocenters. The minimum atomic E-state index is 0.490. The lowest BCUT2D eigenvalue weighted by molar-refractivity contribution is 0.478. The van der Waals surface area contributed by atoms with Crippen LogP contribution in [0.5, 0.6) is 0 Å². The summed E-state index contributed by atoms with van der Waals surface area (Å²) in [6, 6.07) is 0.490. The van der Waals surface area contributed by atoms with Crippen LogP contribution in [0.4, 0.5) is 0 Å². The molecule has 0 aliphatic rings. The summed E-state index contributed by atoms with van der Waals surface area (Å²) in [7, 11) is 0. The van der Waals surface area contributed by atoms with Gasteiger partial charge in [0.05, 0.1) is 6.20 Å². The highest BCUT2D eigenvalue weighted by Gasteiger charge is 2.01. The van der Waals surface area contributed by atoms with E-state index in [2.05, 4.69) is 25.5 Å². The van der Waals surface area contributed by atoms with E-state index in [0.29, 0.717) is 6.04 Å². The minimum absolute atomic E-state index is 0.490. The van der Waals surface area contributed by atoms with Crippen molar-refractivity contribution in [3.8, 4) is 0 Å². The van der Waals surface area contributed by atoms with Crippen LogP contribution in [-0.2, 0) is 0 Å². The van der Waals surface area contributed by atoms with E-state index in [1.165, 1.54) is 0 Å². The molecule has 0 aromatic carbocycles.